The molecular weight excluding hydrogens is 259 g/mol. The van der Waals surface area contributed by atoms with Crippen molar-refractivity contribution in [1.29, 1.82) is 0 Å². The van der Waals surface area contributed by atoms with Crippen LogP contribution in [-0.4, -0.2) is 37.7 Å². The molecule has 1 atom stereocenters. The first-order chi connectivity index (χ1) is 7.58. The molecule has 1 aromatic rings. The SMILES string of the molecule is CC(N)CN(C)CCOc1cccc(Cl)c1.Cl. The van der Waals surface area contributed by atoms with Gasteiger partial charge in [-0.05, 0) is 32.2 Å². The molecule has 1 aromatic carbocycles. The molecule has 0 aliphatic rings. The number of halogens is 2. The summed E-state index contributed by atoms with van der Waals surface area (Å²) in [5.41, 5.74) is 5.70. The maximum Gasteiger partial charge on any atom is 0.120 e. The second kappa shape index (κ2) is 8.59. The highest BCUT2D eigenvalue weighted by Crippen LogP contribution is 2.16. The molecule has 17 heavy (non-hydrogen) atoms. The summed E-state index contributed by atoms with van der Waals surface area (Å²) in [7, 11) is 2.03. The van der Waals surface area contributed by atoms with E-state index in [9.17, 15) is 0 Å². The number of benzene rings is 1. The largest absolute Gasteiger partial charge is 0.492 e. The van der Waals surface area contributed by atoms with Gasteiger partial charge in [0.25, 0.3) is 0 Å². The maximum absolute atomic E-state index is 5.85. The summed E-state index contributed by atoms with van der Waals surface area (Å²) in [5.74, 6) is 0.807. The van der Waals surface area contributed by atoms with Crippen molar-refractivity contribution in [1.82, 2.24) is 4.90 Å². The van der Waals surface area contributed by atoms with Crippen LogP contribution in [0.25, 0.3) is 0 Å². The van der Waals surface area contributed by atoms with Crippen LogP contribution in [0, 0.1) is 0 Å². The van der Waals surface area contributed by atoms with E-state index in [1.165, 1.54) is 0 Å². The van der Waals surface area contributed by atoms with Crippen LogP contribution >= 0.6 is 24.0 Å². The van der Waals surface area contributed by atoms with Gasteiger partial charge in [0.15, 0.2) is 0 Å². The molecule has 0 spiro atoms. The number of ether oxygens (including phenoxy) is 1. The van der Waals surface area contributed by atoms with Gasteiger partial charge in [0, 0.05) is 24.2 Å². The van der Waals surface area contributed by atoms with Gasteiger partial charge >= 0.3 is 0 Å². The third-order valence-corrected chi connectivity index (χ3v) is 2.37. The lowest BCUT2D eigenvalue weighted by atomic mass is 10.3. The average molecular weight is 279 g/mol. The van der Waals surface area contributed by atoms with E-state index in [1.54, 1.807) is 0 Å². The number of nitrogens with two attached hydrogens (primary N) is 1. The standard InChI is InChI=1S/C12H19ClN2O.ClH/c1-10(14)9-15(2)6-7-16-12-5-3-4-11(13)8-12;/h3-5,8,10H,6-7,9,14H2,1-2H3;1H. The van der Waals surface area contributed by atoms with Gasteiger partial charge in [-0.2, -0.15) is 0 Å². The molecule has 0 fully saturated rings. The number of rotatable bonds is 6. The zero-order chi connectivity index (χ0) is 12.0. The Morgan fingerprint density at radius 3 is 2.76 bits per heavy atom. The highest BCUT2D eigenvalue weighted by atomic mass is 35.5. The van der Waals surface area contributed by atoms with Gasteiger partial charge in [-0.25, -0.2) is 0 Å². The second-order valence-corrected chi connectivity index (χ2v) is 4.48. The molecule has 0 bridgehead atoms. The van der Waals surface area contributed by atoms with E-state index in [4.69, 9.17) is 22.1 Å². The lowest BCUT2D eigenvalue weighted by Gasteiger charge is -2.18. The van der Waals surface area contributed by atoms with Gasteiger partial charge < -0.3 is 15.4 Å². The van der Waals surface area contributed by atoms with Gasteiger partial charge in [-0.3, -0.25) is 0 Å². The predicted octanol–water partition coefficient (Wildman–Crippen LogP) is 2.42. The van der Waals surface area contributed by atoms with Gasteiger partial charge in [-0.15, -0.1) is 12.4 Å². The van der Waals surface area contributed by atoms with Crippen molar-refractivity contribution in [2.75, 3.05) is 26.7 Å². The molecule has 3 nitrogen and oxygen atoms in total. The Balaban J connectivity index is 0.00000256. The normalized spacial score (nSPS) is 12.1. The number of hydrogen-bond acceptors (Lipinski definition) is 3. The monoisotopic (exact) mass is 278 g/mol. The summed E-state index contributed by atoms with van der Waals surface area (Å²) >= 11 is 5.85. The van der Waals surface area contributed by atoms with Gasteiger partial charge in [0.1, 0.15) is 12.4 Å². The lowest BCUT2D eigenvalue weighted by Crippen LogP contribution is -2.35. The van der Waals surface area contributed by atoms with Gasteiger partial charge in [-0.1, -0.05) is 17.7 Å². The summed E-state index contributed by atoms with van der Waals surface area (Å²) < 4.78 is 5.57. The van der Waals surface area contributed by atoms with Crippen LogP contribution in [0.2, 0.25) is 5.02 Å². The van der Waals surface area contributed by atoms with Crippen molar-refractivity contribution in [2.45, 2.75) is 13.0 Å². The first kappa shape index (κ1) is 16.5. The molecule has 0 aromatic heterocycles. The van der Waals surface area contributed by atoms with Crippen LogP contribution in [0.4, 0.5) is 0 Å². The van der Waals surface area contributed by atoms with Crippen molar-refractivity contribution in [3.05, 3.63) is 29.3 Å². The van der Waals surface area contributed by atoms with Gasteiger partial charge in [0.2, 0.25) is 0 Å². The Hall–Kier alpha value is -0.480. The highest BCUT2D eigenvalue weighted by molar-refractivity contribution is 6.30. The molecule has 0 amide bonds. The molecule has 1 rings (SSSR count). The van der Waals surface area contributed by atoms with Crippen molar-refractivity contribution in [2.24, 2.45) is 5.73 Å². The first-order valence-electron chi connectivity index (χ1n) is 5.40. The molecule has 0 saturated carbocycles. The van der Waals surface area contributed by atoms with Crippen LogP contribution in [0.3, 0.4) is 0 Å². The smallest absolute Gasteiger partial charge is 0.120 e. The summed E-state index contributed by atoms with van der Waals surface area (Å²) in [6.07, 6.45) is 0. The highest BCUT2D eigenvalue weighted by Gasteiger charge is 2.02. The molecule has 98 valence electrons. The second-order valence-electron chi connectivity index (χ2n) is 4.05. The average Bonchev–Trinajstić information content (AvgIpc) is 2.16. The fourth-order valence-corrected chi connectivity index (χ4v) is 1.64. The fraction of sp³-hybridized carbons (Fsp3) is 0.500. The molecule has 0 radical (unpaired) electrons. The zero-order valence-corrected chi connectivity index (χ0v) is 11.8. The Kier molecular flexibility index (Phi) is 8.35. The summed E-state index contributed by atoms with van der Waals surface area (Å²) in [5, 5.41) is 0.696. The van der Waals surface area contributed by atoms with Crippen LogP contribution in [0.1, 0.15) is 6.92 Å². The Morgan fingerprint density at radius 2 is 2.18 bits per heavy atom. The van der Waals surface area contributed by atoms with Crippen molar-refractivity contribution in [3.8, 4) is 5.75 Å². The topological polar surface area (TPSA) is 38.5 Å². The van der Waals surface area contributed by atoms with Crippen molar-refractivity contribution in [3.63, 3.8) is 0 Å². The minimum atomic E-state index is 0. The Morgan fingerprint density at radius 1 is 1.47 bits per heavy atom. The lowest BCUT2D eigenvalue weighted by molar-refractivity contribution is 0.231. The predicted molar refractivity (Wildman–Crippen MR) is 75.3 cm³/mol. The van der Waals surface area contributed by atoms with E-state index < -0.39 is 0 Å². The van der Waals surface area contributed by atoms with E-state index in [-0.39, 0.29) is 18.4 Å². The molecule has 0 aliphatic heterocycles. The molecule has 5 heteroatoms. The summed E-state index contributed by atoms with van der Waals surface area (Å²) in [4.78, 5) is 2.15. The number of likely N-dealkylation sites (N-methyl/N-ethyl adjacent to an activating group) is 1. The molecular formula is C12H20Cl2N2O. The third kappa shape index (κ3) is 7.45. The zero-order valence-electron chi connectivity index (χ0n) is 10.2. The maximum atomic E-state index is 5.85. The van der Waals surface area contributed by atoms with E-state index in [1.807, 2.05) is 38.2 Å². The molecule has 0 aliphatic carbocycles. The van der Waals surface area contributed by atoms with E-state index >= 15 is 0 Å². The quantitative estimate of drug-likeness (QED) is 0.869. The van der Waals surface area contributed by atoms with E-state index in [0.717, 1.165) is 18.8 Å². The molecule has 0 heterocycles. The minimum Gasteiger partial charge on any atom is -0.492 e. The molecule has 2 N–H and O–H groups in total. The molecule has 1 unspecified atom stereocenters. The number of hydrogen-bond donors (Lipinski definition) is 1. The Bertz CT molecular complexity index is 321. The van der Waals surface area contributed by atoms with Gasteiger partial charge in [0.05, 0.1) is 0 Å². The molecule has 0 saturated heterocycles. The summed E-state index contributed by atoms with van der Waals surface area (Å²) in [6, 6.07) is 7.61. The van der Waals surface area contributed by atoms with E-state index in [0.29, 0.717) is 11.6 Å². The van der Waals surface area contributed by atoms with Crippen LogP contribution in [-0.2, 0) is 0 Å². The fourth-order valence-electron chi connectivity index (χ4n) is 1.46. The third-order valence-electron chi connectivity index (χ3n) is 2.14. The van der Waals surface area contributed by atoms with E-state index in [2.05, 4.69) is 4.90 Å². The minimum absolute atomic E-state index is 0. The van der Waals surface area contributed by atoms with Crippen LogP contribution in [0.15, 0.2) is 24.3 Å². The van der Waals surface area contributed by atoms with Crippen LogP contribution in [0.5, 0.6) is 5.75 Å². The summed E-state index contributed by atoms with van der Waals surface area (Å²) in [6.45, 7) is 4.37. The van der Waals surface area contributed by atoms with Crippen molar-refractivity contribution >= 4 is 24.0 Å². The van der Waals surface area contributed by atoms with Crippen LogP contribution < -0.4 is 10.5 Å². The first-order valence-corrected chi connectivity index (χ1v) is 5.78. The Labute approximate surface area is 114 Å². The van der Waals surface area contributed by atoms with Crippen molar-refractivity contribution < 1.29 is 4.74 Å². The number of nitrogens with zero attached hydrogens (tertiary/aromatic N) is 1.